The highest BCUT2D eigenvalue weighted by atomic mass is 14.2. The first-order chi connectivity index (χ1) is 9.40. The van der Waals surface area contributed by atoms with Gasteiger partial charge in [0.2, 0.25) is 0 Å². The molecule has 0 atom stereocenters. The predicted octanol–water partition coefficient (Wildman–Crippen LogP) is 4.44. The van der Waals surface area contributed by atoms with E-state index in [-0.39, 0.29) is 0 Å². The van der Waals surface area contributed by atoms with Gasteiger partial charge in [0.05, 0.1) is 0 Å². The lowest BCUT2D eigenvalue weighted by molar-refractivity contribution is 1.06. The topological polar surface area (TPSA) is 0 Å². The maximum Gasteiger partial charge on any atom is -0.00544 e. The van der Waals surface area contributed by atoms with E-state index in [1.54, 1.807) is 0 Å². The molecule has 0 nitrogen and oxygen atoms in total. The molecule has 2 aromatic carbocycles. The van der Waals surface area contributed by atoms with Crippen molar-refractivity contribution in [1.29, 1.82) is 0 Å². The van der Waals surface area contributed by atoms with Gasteiger partial charge in [-0.1, -0.05) is 66.3 Å². The number of benzene rings is 2. The molecule has 0 saturated heterocycles. The van der Waals surface area contributed by atoms with E-state index in [0.717, 1.165) is 19.3 Å². The Balaban J connectivity index is 1.65. The summed E-state index contributed by atoms with van der Waals surface area (Å²) in [6, 6.07) is 15.4. The summed E-state index contributed by atoms with van der Waals surface area (Å²) in [7, 11) is 0. The van der Waals surface area contributed by atoms with Crippen molar-refractivity contribution in [2.24, 2.45) is 0 Å². The van der Waals surface area contributed by atoms with E-state index < -0.39 is 0 Å². The van der Waals surface area contributed by atoms with Crippen LogP contribution in [0.3, 0.4) is 0 Å². The minimum absolute atomic E-state index is 1.09. The largest absolute Gasteiger partial charge is 0.0795 e. The zero-order valence-electron chi connectivity index (χ0n) is 10.9. The van der Waals surface area contributed by atoms with E-state index in [1.165, 1.54) is 33.4 Å². The fourth-order valence-electron chi connectivity index (χ4n) is 3.23. The molecule has 0 fully saturated rings. The first kappa shape index (κ1) is 10.8. The Bertz CT molecular complexity index is 702. The molecule has 0 heteroatoms. The van der Waals surface area contributed by atoms with Gasteiger partial charge < -0.3 is 0 Å². The third-order valence-corrected chi connectivity index (χ3v) is 4.16. The summed E-state index contributed by atoms with van der Waals surface area (Å²) in [4.78, 5) is 0. The fourth-order valence-corrected chi connectivity index (χ4v) is 3.23. The van der Waals surface area contributed by atoms with Crippen LogP contribution in [0.2, 0.25) is 0 Å². The quantitative estimate of drug-likeness (QED) is 0.732. The maximum atomic E-state index is 2.37. The zero-order valence-corrected chi connectivity index (χ0v) is 10.9. The molecular weight excluding hydrogens is 228 g/mol. The highest BCUT2D eigenvalue weighted by Gasteiger charge is 2.15. The molecule has 0 amide bonds. The maximum absolute atomic E-state index is 2.37. The normalized spacial score (nSPS) is 15.3. The average Bonchev–Trinajstić information content (AvgIpc) is 3.04. The SMILES string of the molecule is C1=Cc2c(cccc2CC2=Cc3ccccc3C2)C1. The van der Waals surface area contributed by atoms with Crippen LogP contribution in [-0.4, -0.2) is 0 Å². The van der Waals surface area contributed by atoms with Gasteiger partial charge in [0, 0.05) is 0 Å². The lowest BCUT2D eigenvalue weighted by atomic mass is 9.96. The summed E-state index contributed by atoms with van der Waals surface area (Å²) in [6.45, 7) is 0. The van der Waals surface area contributed by atoms with Gasteiger partial charge in [-0.05, 0) is 47.1 Å². The first-order valence-corrected chi connectivity index (χ1v) is 6.95. The zero-order chi connectivity index (χ0) is 12.7. The second-order valence-electron chi connectivity index (χ2n) is 5.45. The van der Waals surface area contributed by atoms with E-state index in [4.69, 9.17) is 0 Å². The highest BCUT2D eigenvalue weighted by molar-refractivity contribution is 5.67. The Kier molecular flexibility index (Phi) is 2.41. The molecule has 0 saturated carbocycles. The molecule has 0 aliphatic heterocycles. The van der Waals surface area contributed by atoms with Crippen molar-refractivity contribution >= 4 is 12.2 Å². The molecule has 4 rings (SSSR count). The van der Waals surface area contributed by atoms with Gasteiger partial charge in [-0.2, -0.15) is 0 Å². The third-order valence-electron chi connectivity index (χ3n) is 4.16. The van der Waals surface area contributed by atoms with Crippen LogP contribution in [0.1, 0.15) is 27.8 Å². The molecule has 0 N–H and O–H groups in total. The average molecular weight is 244 g/mol. The number of allylic oxidation sites excluding steroid dienone is 2. The van der Waals surface area contributed by atoms with Crippen LogP contribution in [0, 0.1) is 0 Å². The van der Waals surface area contributed by atoms with E-state index >= 15 is 0 Å². The summed E-state index contributed by atoms with van der Waals surface area (Å²) in [5.41, 5.74) is 8.83. The van der Waals surface area contributed by atoms with Crippen molar-refractivity contribution in [3.63, 3.8) is 0 Å². The Morgan fingerprint density at radius 2 is 1.79 bits per heavy atom. The van der Waals surface area contributed by atoms with Crippen LogP contribution >= 0.6 is 0 Å². The Hall–Kier alpha value is -2.08. The molecular formula is C19H16. The van der Waals surface area contributed by atoms with Gasteiger partial charge in [0.25, 0.3) is 0 Å². The van der Waals surface area contributed by atoms with Gasteiger partial charge in [-0.25, -0.2) is 0 Å². The molecule has 0 radical (unpaired) electrons. The van der Waals surface area contributed by atoms with Crippen LogP contribution in [0.5, 0.6) is 0 Å². The minimum Gasteiger partial charge on any atom is -0.0795 e. The fraction of sp³-hybridized carbons (Fsp3) is 0.158. The summed E-state index contributed by atoms with van der Waals surface area (Å²) in [5, 5.41) is 0. The molecule has 0 unspecified atom stereocenters. The molecule has 0 aromatic heterocycles. The minimum atomic E-state index is 1.09. The third kappa shape index (κ3) is 1.84. The molecule has 0 heterocycles. The van der Waals surface area contributed by atoms with Crippen LogP contribution in [0.4, 0.5) is 0 Å². The summed E-state index contributed by atoms with van der Waals surface area (Å²) >= 11 is 0. The van der Waals surface area contributed by atoms with Crippen LogP contribution in [0.25, 0.3) is 12.2 Å². The Morgan fingerprint density at radius 1 is 0.895 bits per heavy atom. The standard InChI is InChI=1S/C19H16/c1-2-6-17-12-14(11-16(17)5-1)13-18-9-3-7-15-8-4-10-19(15)18/h1-7,9-11H,8,12-13H2. The summed E-state index contributed by atoms with van der Waals surface area (Å²) in [6.07, 6.45) is 10.2. The highest BCUT2D eigenvalue weighted by Crippen LogP contribution is 2.30. The van der Waals surface area contributed by atoms with E-state index in [9.17, 15) is 0 Å². The van der Waals surface area contributed by atoms with Gasteiger partial charge >= 0.3 is 0 Å². The molecule has 0 bridgehead atoms. The molecule has 2 aromatic rings. The molecule has 2 aliphatic carbocycles. The van der Waals surface area contributed by atoms with Gasteiger partial charge in [-0.3, -0.25) is 0 Å². The Labute approximate surface area is 114 Å². The number of hydrogen-bond donors (Lipinski definition) is 0. The second kappa shape index (κ2) is 4.24. The van der Waals surface area contributed by atoms with Crippen molar-refractivity contribution in [3.05, 3.63) is 81.9 Å². The van der Waals surface area contributed by atoms with Gasteiger partial charge in [0.15, 0.2) is 0 Å². The molecule has 2 aliphatic rings. The number of hydrogen-bond acceptors (Lipinski definition) is 0. The van der Waals surface area contributed by atoms with Crippen molar-refractivity contribution in [2.45, 2.75) is 19.3 Å². The van der Waals surface area contributed by atoms with Crippen LogP contribution in [0.15, 0.2) is 54.1 Å². The van der Waals surface area contributed by atoms with Crippen molar-refractivity contribution in [3.8, 4) is 0 Å². The monoisotopic (exact) mass is 244 g/mol. The smallest absolute Gasteiger partial charge is 0.00544 e. The Morgan fingerprint density at radius 3 is 2.74 bits per heavy atom. The lowest BCUT2D eigenvalue weighted by Gasteiger charge is -2.08. The van der Waals surface area contributed by atoms with Crippen LogP contribution < -0.4 is 0 Å². The molecule has 92 valence electrons. The van der Waals surface area contributed by atoms with Crippen molar-refractivity contribution < 1.29 is 0 Å². The number of rotatable bonds is 2. The van der Waals surface area contributed by atoms with E-state index in [1.807, 2.05) is 0 Å². The van der Waals surface area contributed by atoms with Gasteiger partial charge in [0.1, 0.15) is 0 Å². The van der Waals surface area contributed by atoms with Gasteiger partial charge in [-0.15, -0.1) is 0 Å². The van der Waals surface area contributed by atoms with Crippen molar-refractivity contribution in [2.75, 3.05) is 0 Å². The molecule has 19 heavy (non-hydrogen) atoms. The lowest BCUT2D eigenvalue weighted by Crippen LogP contribution is -1.95. The first-order valence-electron chi connectivity index (χ1n) is 6.95. The predicted molar refractivity (Wildman–Crippen MR) is 81.0 cm³/mol. The molecule has 0 spiro atoms. The second-order valence-corrected chi connectivity index (χ2v) is 5.45. The summed E-state index contributed by atoms with van der Waals surface area (Å²) in [5.74, 6) is 0. The van der Waals surface area contributed by atoms with E-state index in [2.05, 4.69) is 60.7 Å². The van der Waals surface area contributed by atoms with E-state index in [0.29, 0.717) is 0 Å². The van der Waals surface area contributed by atoms with Crippen molar-refractivity contribution in [1.82, 2.24) is 0 Å². The van der Waals surface area contributed by atoms with Crippen LogP contribution in [-0.2, 0) is 19.3 Å². The summed E-state index contributed by atoms with van der Waals surface area (Å²) < 4.78 is 0. The number of fused-ring (bicyclic) bond motifs is 2.